The molecular weight excluding hydrogens is 435 g/mol. The maximum Gasteiger partial charge on any atom is 0.216 e. The van der Waals surface area contributed by atoms with E-state index >= 15 is 0 Å². The Morgan fingerprint density at radius 3 is 2.81 bits per heavy atom. The molecule has 6 nitrogen and oxygen atoms in total. The molecule has 31 heavy (non-hydrogen) atoms. The predicted octanol–water partition coefficient (Wildman–Crippen LogP) is 5.67. The summed E-state index contributed by atoms with van der Waals surface area (Å²) in [5.74, 6) is 1.42. The van der Waals surface area contributed by atoms with Gasteiger partial charge in [0.2, 0.25) is 4.77 Å². The quantitative estimate of drug-likeness (QED) is 0.275. The lowest BCUT2D eigenvalue weighted by atomic mass is 10.2. The van der Waals surface area contributed by atoms with E-state index in [4.69, 9.17) is 21.7 Å². The van der Waals surface area contributed by atoms with Crippen LogP contribution in [0, 0.1) is 10.6 Å². The average molecular weight is 455 g/mol. The first kappa shape index (κ1) is 21.0. The number of thiophene rings is 1. The molecule has 0 unspecified atom stereocenters. The van der Waals surface area contributed by atoms with Gasteiger partial charge in [-0.15, -0.1) is 11.3 Å². The second kappa shape index (κ2) is 9.67. The first-order valence-corrected chi connectivity index (χ1v) is 10.8. The van der Waals surface area contributed by atoms with Gasteiger partial charge in [0, 0.05) is 5.56 Å². The average Bonchev–Trinajstić information content (AvgIpc) is 3.42. The van der Waals surface area contributed by atoms with Crippen molar-refractivity contribution < 1.29 is 13.9 Å². The van der Waals surface area contributed by atoms with Crippen LogP contribution in [-0.2, 0) is 6.61 Å². The Morgan fingerprint density at radius 1 is 1.16 bits per heavy atom. The summed E-state index contributed by atoms with van der Waals surface area (Å²) >= 11 is 6.86. The van der Waals surface area contributed by atoms with E-state index in [2.05, 4.69) is 15.3 Å². The minimum atomic E-state index is -0.303. The molecule has 0 amide bonds. The Hall–Kier alpha value is -3.30. The summed E-state index contributed by atoms with van der Waals surface area (Å²) in [6.45, 7) is 2.46. The molecule has 0 aliphatic rings. The number of rotatable bonds is 8. The highest BCUT2D eigenvalue weighted by Gasteiger charge is 2.10. The minimum Gasteiger partial charge on any atom is -0.490 e. The van der Waals surface area contributed by atoms with Crippen molar-refractivity contribution in [2.24, 2.45) is 5.10 Å². The highest BCUT2D eigenvalue weighted by molar-refractivity contribution is 7.71. The molecule has 0 radical (unpaired) electrons. The van der Waals surface area contributed by atoms with Crippen LogP contribution in [0.25, 0.3) is 10.7 Å². The Bertz CT molecular complexity index is 1250. The zero-order valence-corrected chi connectivity index (χ0v) is 18.3. The van der Waals surface area contributed by atoms with E-state index in [-0.39, 0.29) is 12.4 Å². The van der Waals surface area contributed by atoms with Gasteiger partial charge in [0.1, 0.15) is 12.4 Å². The van der Waals surface area contributed by atoms with Crippen molar-refractivity contribution >= 4 is 29.8 Å². The maximum atomic E-state index is 13.9. The van der Waals surface area contributed by atoms with Crippen LogP contribution in [0.4, 0.5) is 4.39 Å². The van der Waals surface area contributed by atoms with Crippen molar-refractivity contribution in [2.75, 3.05) is 6.61 Å². The van der Waals surface area contributed by atoms with E-state index < -0.39 is 0 Å². The Balaban J connectivity index is 1.56. The summed E-state index contributed by atoms with van der Waals surface area (Å²) in [7, 11) is 0. The van der Waals surface area contributed by atoms with Crippen LogP contribution in [0.3, 0.4) is 0 Å². The zero-order valence-electron chi connectivity index (χ0n) is 16.6. The van der Waals surface area contributed by atoms with Crippen LogP contribution in [0.5, 0.6) is 11.5 Å². The van der Waals surface area contributed by atoms with E-state index in [1.54, 1.807) is 46.5 Å². The standard InChI is InChI=1S/C22H19FN4O2S2/c1-2-28-19-12-15(9-10-18(19)29-14-16-6-3-4-7-17(16)23)13-24-27-21(25-26-22(27)30)20-8-5-11-31-20/h3-13H,2,14H2,1H3,(H,26,30)/b24-13-. The SMILES string of the molecule is CCOc1cc(/C=N\n2c(-c3cccs3)n[nH]c2=S)ccc1OCc1ccccc1F. The molecule has 9 heteroatoms. The molecule has 2 heterocycles. The number of nitrogens with zero attached hydrogens (tertiary/aromatic N) is 3. The molecule has 0 bridgehead atoms. The molecule has 0 atom stereocenters. The monoisotopic (exact) mass is 454 g/mol. The topological polar surface area (TPSA) is 64.4 Å². The van der Waals surface area contributed by atoms with Gasteiger partial charge >= 0.3 is 0 Å². The molecule has 0 saturated carbocycles. The van der Waals surface area contributed by atoms with Crippen molar-refractivity contribution in [1.29, 1.82) is 0 Å². The number of hydrogen-bond donors (Lipinski definition) is 1. The first-order valence-electron chi connectivity index (χ1n) is 9.54. The second-order valence-corrected chi connectivity index (χ2v) is 7.74. The number of halogens is 1. The summed E-state index contributed by atoms with van der Waals surface area (Å²) in [5, 5.41) is 13.5. The van der Waals surface area contributed by atoms with Gasteiger partial charge in [0.15, 0.2) is 17.3 Å². The summed E-state index contributed by atoms with van der Waals surface area (Å²) in [6, 6.07) is 15.9. The van der Waals surface area contributed by atoms with E-state index in [1.807, 2.05) is 36.6 Å². The van der Waals surface area contributed by atoms with Gasteiger partial charge in [0.25, 0.3) is 0 Å². The number of benzene rings is 2. The number of hydrogen-bond acceptors (Lipinski definition) is 6. The molecular formula is C22H19FN4O2S2. The van der Waals surface area contributed by atoms with Gasteiger partial charge in [-0.05, 0) is 60.4 Å². The van der Waals surface area contributed by atoms with Crippen molar-refractivity contribution in [2.45, 2.75) is 13.5 Å². The molecule has 0 fully saturated rings. The number of H-pyrrole nitrogens is 1. The molecule has 2 aromatic carbocycles. The zero-order chi connectivity index (χ0) is 21.6. The number of ether oxygens (including phenoxy) is 2. The third-order valence-electron chi connectivity index (χ3n) is 4.32. The molecule has 158 valence electrons. The van der Waals surface area contributed by atoms with Crippen LogP contribution in [-0.4, -0.2) is 27.7 Å². The van der Waals surface area contributed by atoms with E-state index in [9.17, 15) is 4.39 Å². The maximum absolute atomic E-state index is 13.9. The summed E-state index contributed by atoms with van der Waals surface area (Å²) < 4.78 is 27.4. The van der Waals surface area contributed by atoms with Gasteiger partial charge in [-0.25, -0.2) is 9.49 Å². The molecule has 2 aromatic heterocycles. The minimum absolute atomic E-state index is 0.106. The fourth-order valence-corrected chi connectivity index (χ4v) is 3.73. The van der Waals surface area contributed by atoms with Gasteiger partial charge in [-0.3, -0.25) is 0 Å². The molecule has 0 saturated heterocycles. The molecule has 0 aliphatic carbocycles. The third-order valence-corrected chi connectivity index (χ3v) is 5.45. The molecule has 1 N–H and O–H groups in total. The highest BCUT2D eigenvalue weighted by Crippen LogP contribution is 2.29. The number of aromatic amines is 1. The van der Waals surface area contributed by atoms with Crippen LogP contribution < -0.4 is 9.47 Å². The Labute approximate surface area is 187 Å². The van der Waals surface area contributed by atoms with Crippen molar-refractivity contribution in [3.8, 4) is 22.2 Å². The summed E-state index contributed by atoms with van der Waals surface area (Å²) in [6.07, 6.45) is 1.67. The summed E-state index contributed by atoms with van der Waals surface area (Å²) in [4.78, 5) is 0.955. The third kappa shape index (κ3) is 4.89. The predicted molar refractivity (Wildman–Crippen MR) is 122 cm³/mol. The fraction of sp³-hybridized carbons (Fsp3) is 0.136. The lowest BCUT2D eigenvalue weighted by molar-refractivity contribution is 0.266. The van der Waals surface area contributed by atoms with Gasteiger partial charge < -0.3 is 9.47 Å². The van der Waals surface area contributed by atoms with Crippen molar-refractivity contribution in [3.63, 3.8) is 0 Å². The highest BCUT2D eigenvalue weighted by atomic mass is 32.1. The Morgan fingerprint density at radius 2 is 2.03 bits per heavy atom. The van der Waals surface area contributed by atoms with Gasteiger partial charge in [-0.2, -0.15) is 14.9 Å². The van der Waals surface area contributed by atoms with E-state index in [1.165, 1.54) is 6.07 Å². The molecule has 0 spiro atoms. The first-order chi connectivity index (χ1) is 15.2. The fourth-order valence-electron chi connectivity index (χ4n) is 2.85. The van der Waals surface area contributed by atoms with E-state index in [0.29, 0.717) is 34.3 Å². The lowest BCUT2D eigenvalue weighted by Crippen LogP contribution is -2.02. The van der Waals surface area contributed by atoms with Crippen LogP contribution in [0.2, 0.25) is 0 Å². The largest absolute Gasteiger partial charge is 0.490 e. The van der Waals surface area contributed by atoms with Gasteiger partial charge in [-0.1, -0.05) is 24.3 Å². The van der Waals surface area contributed by atoms with E-state index in [0.717, 1.165) is 10.4 Å². The van der Waals surface area contributed by atoms with Gasteiger partial charge in [0.05, 0.1) is 17.7 Å². The number of aromatic nitrogens is 3. The van der Waals surface area contributed by atoms with Crippen LogP contribution in [0.15, 0.2) is 65.1 Å². The summed E-state index contributed by atoms with van der Waals surface area (Å²) in [5.41, 5.74) is 1.27. The normalized spacial score (nSPS) is 11.2. The van der Waals surface area contributed by atoms with Crippen molar-refractivity contribution in [1.82, 2.24) is 14.9 Å². The lowest BCUT2D eigenvalue weighted by Gasteiger charge is -2.13. The smallest absolute Gasteiger partial charge is 0.216 e. The number of nitrogens with one attached hydrogen (secondary N) is 1. The molecule has 4 aromatic rings. The second-order valence-electron chi connectivity index (χ2n) is 6.41. The Kier molecular flexibility index (Phi) is 6.54. The van der Waals surface area contributed by atoms with Crippen LogP contribution in [0.1, 0.15) is 18.1 Å². The van der Waals surface area contributed by atoms with Crippen LogP contribution >= 0.6 is 23.6 Å². The van der Waals surface area contributed by atoms with Crippen molar-refractivity contribution in [3.05, 3.63) is 81.7 Å². The molecule has 0 aliphatic heterocycles. The molecule has 4 rings (SSSR count).